The van der Waals surface area contributed by atoms with E-state index in [0.717, 1.165) is 4.90 Å². The van der Waals surface area contributed by atoms with Crippen molar-refractivity contribution in [3.63, 3.8) is 0 Å². The third-order valence-corrected chi connectivity index (χ3v) is 4.22. The Labute approximate surface area is 157 Å². The molecule has 0 bridgehead atoms. The maximum absolute atomic E-state index is 13.1. The number of benzene rings is 2. The Morgan fingerprint density at radius 3 is 2.22 bits per heavy atom. The van der Waals surface area contributed by atoms with Crippen LogP contribution in [0, 0.1) is 0 Å². The fraction of sp³-hybridized carbons (Fsp3) is 0.190. The summed E-state index contributed by atoms with van der Waals surface area (Å²) < 4.78 is 5.19. The number of hydrogen-bond acceptors (Lipinski definition) is 4. The highest BCUT2D eigenvalue weighted by Gasteiger charge is 2.39. The van der Waals surface area contributed by atoms with Gasteiger partial charge in [-0.1, -0.05) is 48.5 Å². The number of amides is 3. The van der Waals surface area contributed by atoms with E-state index in [4.69, 9.17) is 4.74 Å². The number of imide groups is 1. The Morgan fingerprint density at radius 2 is 1.63 bits per heavy atom. The molecule has 0 radical (unpaired) electrons. The minimum atomic E-state index is -0.591. The molecule has 6 heteroatoms. The van der Waals surface area contributed by atoms with Crippen molar-refractivity contribution in [1.82, 2.24) is 10.2 Å². The molecular formula is C21H20N2O4. The van der Waals surface area contributed by atoms with E-state index in [1.165, 1.54) is 0 Å². The summed E-state index contributed by atoms with van der Waals surface area (Å²) in [5.74, 6) is -1.07. The monoisotopic (exact) mass is 364 g/mol. The SMILES string of the molecule is CCOC(=O)C1=C(c2ccccc2)N(C(=O)c2ccccc2)C(=O)NC1C. The highest BCUT2D eigenvalue weighted by molar-refractivity contribution is 6.15. The molecule has 27 heavy (non-hydrogen) atoms. The van der Waals surface area contributed by atoms with E-state index in [1.807, 2.05) is 6.07 Å². The third-order valence-electron chi connectivity index (χ3n) is 4.22. The molecule has 0 aromatic heterocycles. The Kier molecular flexibility index (Phi) is 5.35. The summed E-state index contributed by atoms with van der Waals surface area (Å²) in [5, 5.41) is 2.68. The molecule has 0 aliphatic carbocycles. The van der Waals surface area contributed by atoms with Crippen LogP contribution in [0.1, 0.15) is 29.8 Å². The van der Waals surface area contributed by atoms with Crippen molar-refractivity contribution in [2.24, 2.45) is 0 Å². The number of carbonyl (C=O) groups excluding carboxylic acids is 3. The van der Waals surface area contributed by atoms with Gasteiger partial charge in [-0.05, 0) is 31.5 Å². The van der Waals surface area contributed by atoms with E-state index < -0.39 is 23.9 Å². The fourth-order valence-electron chi connectivity index (χ4n) is 3.02. The number of carbonyl (C=O) groups is 3. The van der Waals surface area contributed by atoms with Crippen LogP contribution in [0.3, 0.4) is 0 Å². The number of ether oxygens (including phenoxy) is 1. The summed E-state index contributed by atoms with van der Waals surface area (Å²) in [6, 6.07) is 16.2. The molecular weight excluding hydrogens is 344 g/mol. The van der Waals surface area contributed by atoms with Crippen LogP contribution in [-0.4, -0.2) is 35.5 Å². The van der Waals surface area contributed by atoms with Crippen molar-refractivity contribution in [3.05, 3.63) is 77.4 Å². The molecule has 0 saturated heterocycles. The number of urea groups is 1. The van der Waals surface area contributed by atoms with Crippen LogP contribution in [-0.2, 0) is 9.53 Å². The highest BCUT2D eigenvalue weighted by Crippen LogP contribution is 2.31. The van der Waals surface area contributed by atoms with E-state index in [2.05, 4.69) is 5.32 Å². The molecule has 0 spiro atoms. The molecule has 6 nitrogen and oxygen atoms in total. The molecule has 2 aromatic carbocycles. The van der Waals surface area contributed by atoms with Crippen molar-refractivity contribution in [2.75, 3.05) is 6.61 Å². The topological polar surface area (TPSA) is 75.7 Å². The van der Waals surface area contributed by atoms with E-state index in [1.54, 1.807) is 68.4 Å². The molecule has 0 fully saturated rings. The van der Waals surface area contributed by atoms with Gasteiger partial charge in [0.2, 0.25) is 0 Å². The second-order valence-corrected chi connectivity index (χ2v) is 6.03. The molecule has 3 rings (SSSR count). The van der Waals surface area contributed by atoms with Crippen molar-refractivity contribution in [3.8, 4) is 0 Å². The summed E-state index contributed by atoms with van der Waals surface area (Å²) in [4.78, 5) is 39.5. The Hall–Kier alpha value is -3.41. The second kappa shape index (κ2) is 7.86. The van der Waals surface area contributed by atoms with E-state index >= 15 is 0 Å². The predicted molar refractivity (Wildman–Crippen MR) is 101 cm³/mol. The van der Waals surface area contributed by atoms with Gasteiger partial charge in [0, 0.05) is 5.56 Å². The van der Waals surface area contributed by atoms with E-state index in [0.29, 0.717) is 11.1 Å². The van der Waals surface area contributed by atoms with Crippen LogP contribution in [0.5, 0.6) is 0 Å². The van der Waals surface area contributed by atoms with Gasteiger partial charge in [0.15, 0.2) is 0 Å². The van der Waals surface area contributed by atoms with Gasteiger partial charge in [0.25, 0.3) is 5.91 Å². The first-order valence-electron chi connectivity index (χ1n) is 8.71. The van der Waals surface area contributed by atoms with Crippen molar-refractivity contribution in [2.45, 2.75) is 19.9 Å². The molecule has 1 aliphatic heterocycles. The molecule has 1 unspecified atom stereocenters. The van der Waals surface area contributed by atoms with Crippen molar-refractivity contribution >= 4 is 23.6 Å². The molecule has 138 valence electrons. The van der Waals surface area contributed by atoms with Crippen molar-refractivity contribution in [1.29, 1.82) is 0 Å². The highest BCUT2D eigenvalue weighted by atomic mass is 16.5. The Balaban J connectivity index is 2.21. The fourth-order valence-corrected chi connectivity index (χ4v) is 3.02. The molecule has 0 saturated carbocycles. The number of esters is 1. The largest absolute Gasteiger partial charge is 0.463 e. The van der Waals surface area contributed by atoms with Gasteiger partial charge in [0.05, 0.1) is 23.9 Å². The lowest BCUT2D eigenvalue weighted by molar-refractivity contribution is -0.138. The molecule has 1 heterocycles. The number of nitrogens with one attached hydrogen (secondary N) is 1. The Bertz CT molecular complexity index is 891. The molecule has 3 amide bonds. The smallest absolute Gasteiger partial charge is 0.338 e. The van der Waals surface area contributed by atoms with Gasteiger partial charge >= 0.3 is 12.0 Å². The lowest BCUT2D eigenvalue weighted by Gasteiger charge is -2.34. The molecule has 1 aliphatic rings. The first-order chi connectivity index (χ1) is 13.0. The van der Waals surface area contributed by atoms with Gasteiger partial charge in [-0.3, -0.25) is 4.79 Å². The summed E-state index contributed by atoms with van der Waals surface area (Å²) in [6.07, 6.45) is 0. The summed E-state index contributed by atoms with van der Waals surface area (Å²) in [5.41, 5.74) is 1.43. The van der Waals surface area contributed by atoms with Crippen LogP contribution in [0.2, 0.25) is 0 Å². The van der Waals surface area contributed by atoms with Crippen molar-refractivity contribution < 1.29 is 19.1 Å². The standard InChI is InChI=1S/C21H20N2O4/c1-3-27-20(25)17-14(2)22-21(26)23(18(17)15-10-6-4-7-11-15)19(24)16-12-8-5-9-13-16/h4-14H,3H2,1-2H3,(H,22,26). The Morgan fingerprint density at radius 1 is 1.04 bits per heavy atom. The first kappa shape index (κ1) is 18.4. The van der Waals surface area contributed by atoms with Crippen LogP contribution < -0.4 is 5.32 Å². The van der Waals surface area contributed by atoms with Crippen LogP contribution >= 0.6 is 0 Å². The predicted octanol–water partition coefficient (Wildman–Crippen LogP) is 3.21. The van der Waals surface area contributed by atoms with Crippen LogP contribution in [0.4, 0.5) is 4.79 Å². The first-order valence-corrected chi connectivity index (χ1v) is 8.71. The minimum Gasteiger partial charge on any atom is -0.463 e. The number of hydrogen-bond donors (Lipinski definition) is 1. The maximum atomic E-state index is 13.1. The van der Waals surface area contributed by atoms with Crippen LogP contribution in [0.25, 0.3) is 5.70 Å². The quantitative estimate of drug-likeness (QED) is 0.845. The normalized spacial score (nSPS) is 16.7. The number of rotatable bonds is 4. The average molecular weight is 364 g/mol. The van der Waals surface area contributed by atoms with Gasteiger partial charge in [-0.15, -0.1) is 0 Å². The maximum Gasteiger partial charge on any atom is 0.338 e. The third kappa shape index (κ3) is 3.60. The minimum absolute atomic E-state index is 0.192. The van der Waals surface area contributed by atoms with Crippen LogP contribution in [0.15, 0.2) is 66.2 Å². The lowest BCUT2D eigenvalue weighted by atomic mass is 9.97. The number of nitrogens with zero attached hydrogens (tertiary/aromatic N) is 1. The lowest BCUT2D eigenvalue weighted by Crippen LogP contribution is -2.52. The van der Waals surface area contributed by atoms with E-state index in [-0.39, 0.29) is 17.9 Å². The van der Waals surface area contributed by atoms with Gasteiger partial charge in [-0.25, -0.2) is 14.5 Å². The zero-order chi connectivity index (χ0) is 19.4. The van der Waals surface area contributed by atoms with Gasteiger partial charge < -0.3 is 10.1 Å². The average Bonchev–Trinajstić information content (AvgIpc) is 2.68. The summed E-state index contributed by atoms with van der Waals surface area (Å²) >= 11 is 0. The second-order valence-electron chi connectivity index (χ2n) is 6.03. The van der Waals surface area contributed by atoms with Gasteiger partial charge in [0.1, 0.15) is 0 Å². The summed E-state index contributed by atoms with van der Waals surface area (Å²) in [6.45, 7) is 3.59. The van der Waals surface area contributed by atoms with E-state index in [9.17, 15) is 14.4 Å². The molecule has 2 aromatic rings. The zero-order valence-corrected chi connectivity index (χ0v) is 15.1. The van der Waals surface area contributed by atoms with Gasteiger partial charge in [-0.2, -0.15) is 0 Å². The molecule has 1 atom stereocenters. The summed E-state index contributed by atoms with van der Waals surface area (Å²) in [7, 11) is 0. The molecule has 1 N–H and O–H groups in total. The zero-order valence-electron chi connectivity index (χ0n) is 15.1.